The van der Waals surface area contributed by atoms with Crippen LogP contribution in [0.5, 0.6) is 0 Å². The molecular formula is C11H18N2O4. The lowest BCUT2D eigenvalue weighted by atomic mass is 10.2. The zero-order valence-corrected chi connectivity index (χ0v) is 9.72. The molecule has 1 fully saturated rings. The molecule has 1 aliphatic rings. The number of ether oxygens (including phenoxy) is 1. The molecule has 1 saturated heterocycles. The number of morpholine rings is 1. The van der Waals surface area contributed by atoms with E-state index in [0.717, 1.165) is 6.54 Å². The lowest BCUT2D eigenvalue weighted by molar-refractivity contribution is -0.145. The number of carbonyl (C=O) groups is 2. The first-order chi connectivity index (χ1) is 8.13. The maximum atomic E-state index is 11.8. The van der Waals surface area contributed by atoms with Gasteiger partial charge in [0.05, 0.1) is 19.1 Å². The summed E-state index contributed by atoms with van der Waals surface area (Å²) in [6.07, 6.45) is 1.55. The van der Waals surface area contributed by atoms with Crippen LogP contribution in [0.2, 0.25) is 0 Å². The van der Waals surface area contributed by atoms with Gasteiger partial charge in [0.1, 0.15) is 6.54 Å². The fourth-order valence-electron chi connectivity index (χ4n) is 1.65. The predicted octanol–water partition coefficient (Wildman–Crippen LogP) is -0.536. The number of hydrogen-bond donors (Lipinski definition) is 2. The van der Waals surface area contributed by atoms with Crippen LogP contribution in [-0.2, 0) is 14.3 Å². The molecule has 0 aromatic heterocycles. The van der Waals surface area contributed by atoms with Gasteiger partial charge in [0.2, 0.25) is 5.91 Å². The summed E-state index contributed by atoms with van der Waals surface area (Å²) >= 11 is 0. The highest BCUT2D eigenvalue weighted by atomic mass is 16.5. The summed E-state index contributed by atoms with van der Waals surface area (Å²) in [6.45, 7) is 5.44. The molecule has 17 heavy (non-hydrogen) atoms. The standard InChI is InChI=1S/C11H18N2O4/c1-2-4-13(8-11(15)16)10(14)6-9-7-12-3-5-17-9/h2,9,12H,1,3-8H2,(H,15,16). The van der Waals surface area contributed by atoms with E-state index >= 15 is 0 Å². The Morgan fingerprint density at radius 1 is 1.59 bits per heavy atom. The van der Waals surface area contributed by atoms with Gasteiger partial charge in [-0.2, -0.15) is 0 Å². The average Bonchev–Trinajstić information content (AvgIpc) is 2.29. The summed E-state index contributed by atoms with van der Waals surface area (Å²) in [5.74, 6) is -1.25. The summed E-state index contributed by atoms with van der Waals surface area (Å²) < 4.78 is 5.40. The maximum Gasteiger partial charge on any atom is 0.323 e. The molecule has 0 saturated carbocycles. The third kappa shape index (κ3) is 4.97. The highest BCUT2D eigenvalue weighted by Gasteiger charge is 2.22. The number of hydrogen-bond acceptors (Lipinski definition) is 4. The second-order valence-electron chi connectivity index (χ2n) is 3.86. The first-order valence-corrected chi connectivity index (χ1v) is 5.56. The molecule has 96 valence electrons. The molecular weight excluding hydrogens is 224 g/mol. The highest BCUT2D eigenvalue weighted by molar-refractivity contribution is 5.81. The van der Waals surface area contributed by atoms with Crippen molar-refractivity contribution in [1.82, 2.24) is 10.2 Å². The summed E-state index contributed by atoms with van der Waals surface area (Å²) in [6, 6.07) is 0. The van der Waals surface area contributed by atoms with Crippen molar-refractivity contribution < 1.29 is 19.4 Å². The van der Waals surface area contributed by atoms with Crippen LogP contribution in [-0.4, -0.2) is 60.8 Å². The molecule has 1 rings (SSSR count). The van der Waals surface area contributed by atoms with Gasteiger partial charge in [-0.3, -0.25) is 9.59 Å². The van der Waals surface area contributed by atoms with Crippen molar-refractivity contribution in [2.75, 3.05) is 32.8 Å². The van der Waals surface area contributed by atoms with Crippen LogP contribution in [0.1, 0.15) is 6.42 Å². The van der Waals surface area contributed by atoms with Gasteiger partial charge in [0.25, 0.3) is 0 Å². The Hall–Kier alpha value is -1.40. The molecule has 0 radical (unpaired) electrons. The largest absolute Gasteiger partial charge is 0.480 e. The molecule has 0 spiro atoms. The van der Waals surface area contributed by atoms with E-state index in [1.54, 1.807) is 0 Å². The molecule has 0 aromatic rings. The van der Waals surface area contributed by atoms with Crippen molar-refractivity contribution in [2.45, 2.75) is 12.5 Å². The zero-order valence-electron chi connectivity index (χ0n) is 9.72. The molecule has 0 bridgehead atoms. The van der Waals surface area contributed by atoms with Gasteiger partial charge < -0.3 is 20.1 Å². The zero-order chi connectivity index (χ0) is 12.7. The van der Waals surface area contributed by atoms with E-state index in [-0.39, 0.29) is 31.5 Å². The smallest absolute Gasteiger partial charge is 0.323 e. The van der Waals surface area contributed by atoms with E-state index in [0.29, 0.717) is 13.2 Å². The second-order valence-corrected chi connectivity index (χ2v) is 3.86. The summed E-state index contributed by atoms with van der Waals surface area (Å²) in [7, 11) is 0. The Labute approximate surface area is 100 Å². The molecule has 0 aromatic carbocycles. The summed E-state index contributed by atoms with van der Waals surface area (Å²) in [5.41, 5.74) is 0. The van der Waals surface area contributed by atoms with E-state index in [1.165, 1.54) is 11.0 Å². The van der Waals surface area contributed by atoms with E-state index in [4.69, 9.17) is 9.84 Å². The van der Waals surface area contributed by atoms with Crippen LogP contribution >= 0.6 is 0 Å². The fourth-order valence-corrected chi connectivity index (χ4v) is 1.65. The monoisotopic (exact) mass is 242 g/mol. The lowest BCUT2D eigenvalue weighted by Gasteiger charge is -2.26. The summed E-state index contributed by atoms with van der Waals surface area (Å²) in [4.78, 5) is 23.7. The number of rotatable bonds is 6. The Bertz CT molecular complexity index is 287. The number of nitrogens with one attached hydrogen (secondary N) is 1. The van der Waals surface area contributed by atoms with Crippen molar-refractivity contribution in [2.24, 2.45) is 0 Å². The van der Waals surface area contributed by atoms with Gasteiger partial charge in [0.15, 0.2) is 0 Å². The van der Waals surface area contributed by atoms with E-state index in [2.05, 4.69) is 11.9 Å². The molecule has 6 nitrogen and oxygen atoms in total. The molecule has 6 heteroatoms. The average molecular weight is 242 g/mol. The topological polar surface area (TPSA) is 78.9 Å². The number of nitrogens with zero attached hydrogens (tertiary/aromatic N) is 1. The Morgan fingerprint density at radius 3 is 2.88 bits per heavy atom. The normalized spacial score (nSPS) is 19.6. The van der Waals surface area contributed by atoms with E-state index in [1.807, 2.05) is 0 Å². The van der Waals surface area contributed by atoms with Gasteiger partial charge in [-0.25, -0.2) is 0 Å². The number of carbonyl (C=O) groups excluding carboxylic acids is 1. The fraction of sp³-hybridized carbons (Fsp3) is 0.636. The number of aliphatic carboxylic acids is 1. The van der Waals surface area contributed by atoms with E-state index < -0.39 is 5.97 Å². The second kappa shape index (κ2) is 7.03. The van der Waals surface area contributed by atoms with Crippen molar-refractivity contribution >= 4 is 11.9 Å². The van der Waals surface area contributed by atoms with Crippen LogP contribution in [0.4, 0.5) is 0 Å². The molecule has 2 N–H and O–H groups in total. The van der Waals surface area contributed by atoms with Crippen LogP contribution in [0.25, 0.3) is 0 Å². The Balaban J connectivity index is 2.45. The van der Waals surface area contributed by atoms with E-state index in [9.17, 15) is 9.59 Å². The Morgan fingerprint density at radius 2 is 2.35 bits per heavy atom. The third-order valence-corrected chi connectivity index (χ3v) is 2.44. The summed E-state index contributed by atoms with van der Waals surface area (Å²) in [5, 5.41) is 11.8. The van der Waals surface area contributed by atoms with Crippen LogP contribution in [0.15, 0.2) is 12.7 Å². The Kier molecular flexibility index (Phi) is 5.65. The van der Waals surface area contributed by atoms with Crippen molar-refractivity contribution in [3.05, 3.63) is 12.7 Å². The van der Waals surface area contributed by atoms with Gasteiger partial charge >= 0.3 is 5.97 Å². The third-order valence-electron chi connectivity index (χ3n) is 2.44. The molecule has 0 aliphatic carbocycles. The first-order valence-electron chi connectivity index (χ1n) is 5.56. The number of amides is 1. The molecule has 1 unspecified atom stereocenters. The van der Waals surface area contributed by atoms with Crippen LogP contribution < -0.4 is 5.32 Å². The van der Waals surface area contributed by atoms with Crippen molar-refractivity contribution in [3.63, 3.8) is 0 Å². The van der Waals surface area contributed by atoms with Crippen molar-refractivity contribution in [3.8, 4) is 0 Å². The van der Waals surface area contributed by atoms with Gasteiger partial charge in [-0.1, -0.05) is 6.08 Å². The van der Waals surface area contributed by atoms with Gasteiger partial charge in [-0.05, 0) is 0 Å². The maximum absolute atomic E-state index is 11.8. The van der Waals surface area contributed by atoms with Gasteiger partial charge in [-0.15, -0.1) is 6.58 Å². The van der Waals surface area contributed by atoms with Gasteiger partial charge in [0, 0.05) is 19.6 Å². The van der Waals surface area contributed by atoms with Crippen LogP contribution in [0.3, 0.4) is 0 Å². The SMILES string of the molecule is C=CCN(CC(=O)O)C(=O)CC1CNCCO1. The lowest BCUT2D eigenvalue weighted by Crippen LogP contribution is -2.43. The first kappa shape index (κ1) is 13.7. The number of carboxylic acids is 1. The van der Waals surface area contributed by atoms with Crippen LogP contribution in [0, 0.1) is 0 Å². The minimum absolute atomic E-state index is 0.169. The number of carboxylic acid groups (broad SMARTS) is 1. The molecule has 1 aliphatic heterocycles. The molecule has 1 atom stereocenters. The molecule has 1 amide bonds. The minimum Gasteiger partial charge on any atom is -0.480 e. The quantitative estimate of drug-likeness (QED) is 0.612. The highest BCUT2D eigenvalue weighted by Crippen LogP contribution is 2.05. The van der Waals surface area contributed by atoms with Crippen molar-refractivity contribution in [1.29, 1.82) is 0 Å². The molecule has 1 heterocycles. The minimum atomic E-state index is -1.03. The predicted molar refractivity (Wildman–Crippen MR) is 61.6 cm³/mol.